The second-order valence-corrected chi connectivity index (χ2v) is 28.5. The van der Waals surface area contributed by atoms with Gasteiger partial charge in [-0.2, -0.15) is 0 Å². The Bertz CT molecular complexity index is 1520. The van der Waals surface area contributed by atoms with Gasteiger partial charge in [0.1, 0.15) is 0 Å². The zero-order valence-corrected chi connectivity index (χ0v) is 50.8. The van der Waals surface area contributed by atoms with Crippen LogP contribution < -0.4 is 31.9 Å². The van der Waals surface area contributed by atoms with Gasteiger partial charge in [-0.05, 0) is 81.3 Å². The standard InChI is InChI=1S/C59H120N8O4/c1-22-57(19,23-2)42-56(17,18)44-63-50(70)27-34-66(33-26-49(69)62-43-55(15,16)39-52(6,7)8)36-31-61-32-38-67(35-28-51(71)64-45-58(20,24-3)40-53(9,10)11)37-30-60-29-25-48(68)65-46-59(21,47(4)5)41-54(12,13)14/h47,60-61H,22-46H2,1-21H3,(H,62,69)(H,63,70)(H,64,71)(H,65,68). The Morgan fingerprint density at radius 3 is 1.10 bits per heavy atom. The second kappa shape index (κ2) is 31.6. The summed E-state index contributed by atoms with van der Waals surface area (Å²) in [5.74, 6) is 0.689. The fourth-order valence-corrected chi connectivity index (χ4v) is 10.7. The fourth-order valence-electron chi connectivity index (χ4n) is 10.7. The van der Waals surface area contributed by atoms with Gasteiger partial charge in [0.15, 0.2) is 0 Å². The van der Waals surface area contributed by atoms with E-state index >= 15 is 0 Å². The Morgan fingerprint density at radius 2 is 0.718 bits per heavy atom. The van der Waals surface area contributed by atoms with Crippen molar-refractivity contribution in [2.45, 2.75) is 216 Å². The molecule has 2 atom stereocenters. The molecule has 0 saturated carbocycles. The normalized spacial score (nSPS) is 14.9. The minimum Gasteiger partial charge on any atom is -0.356 e. The molecule has 0 fully saturated rings. The van der Waals surface area contributed by atoms with Crippen LogP contribution in [0.4, 0.5) is 0 Å². The zero-order chi connectivity index (χ0) is 55.0. The molecular weight excluding hydrogens is 885 g/mol. The molecule has 420 valence electrons. The molecule has 0 rings (SSSR count). The van der Waals surface area contributed by atoms with Crippen LogP contribution in [-0.2, 0) is 19.2 Å². The quantitative estimate of drug-likeness (QED) is 0.0335. The van der Waals surface area contributed by atoms with Crippen molar-refractivity contribution in [3.63, 3.8) is 0 Å². The van der Waals surface area contributed by atoms with E-state index in [4.69, 9.17) is 0 Å². The van der Waals surface area contributed by atoms with Crippen LogP contribution in [0.1, 0.15) is 216 Å². The van der Waals surface area contributed by atoms with E-state index in [1.54, 1.807) is 0 Å². The summed E-state index contributed by atoms with van der Waals surface area (Å²) in [5.41, 5.74) is 0.847. The van der Waals surface area contributed by atoms with Crippen LogP contribution in [0.2, 0.25) is 0 Å². The van der Waals surface area contributed by atoms with Gasteiger partial charge in [-0.1, -0.05) is 158 Å². The van der Waals surface area contributed by atoms with E-state index in [0.717, 1.165) is 64.6 Å². The summed E-state index contributed by atoms with van der Waals surface area (Å²) < 4.78 is 0. The molecule has 0 heterocycles. The Morgan fingerprint density at radius 1 is 0.380 bits per heavy atom. The molecule has 0 aromatic rings. The molecular formula is C59H120N8O4. The smallest absolute Gasteiger partial charge is 0.221 e. The number of carbonyl (C=O) groups is 4. The highest BCUT2D eigenvalue weighted by molar-refractivity contribution is 5.77. The Balaban J connectivity index is 5.71. The van der Waals surface area contributed by atoms with Gasteiger partial charge in [-0.25, -0.2) is 0 Å². The number of nitrogens with zero attached hydrogens (tertiary/aromatic N) is 2. The van der Waals surface area contributed by atoms with Crippen molar-refractivity contribution >= 4 is 23.6 Å². The molecule has 0 bridgehead atoms. The van der Waals surface area contributed by atoms with Gasteiger partial charge in [-0.3, -0.25) is 19.2 Å². The molecule has 0 radical (unpaired) electrons. The monoisotopic (exact) mass is 1000 g/mol. The van der Waals surface area contributed by atoms with Gasteiger partial charge in [0, 0.05) is 117 Å². The average Bonchev–Trinajstić information content (AvgIpc) is 3.23. The summed E-state index contributed by atoms with van der Waals surface area (Å²) in [7, 11) is 0. The Hall–Kier alpha value is -2.28. The van der Waals surface area contributed by atoms with Crippen molar-refractivity contribution < 1.29 is 19.2 Å². The number of hydrogen-bond donors (Lipinski definition) is 6. The Kier molecular flexibility index (Phi) is 30.6. The van der Waals surface area contributed by atoms with Crippen molar-refractivity contribution in [3.05, 3.63) is 0 Å². The first-order valence-corrected chi connectivity index (χ1v) is 28.3. The molecule has 0 aliphatic rings. The van der Waals surface area contributed by atoms with Crippen molar-refractivity contribution in [1.82, 2.24) is 41.7 Å². The van der Waals surface area contributed by atoms with Crippen molar-refractivity contribution in [2.75, 3.05) is 91.6 Å². The lowest BCUT2D eigenvalue weighted by Crippen LogP contribution is -2.43. The molecule has 0 aliphatic carbocycles. The molecule has 12 heteroatoms. The lowest BCUT2D eigenvalue weighted by atomic mass is 9.68. The van der Waals surface area contributed by atoms with E-state index in [-0.39, 0.29) is 66.9 Å². The lowest BCUT2D eigenvalue weighted by molar-refractivity contribution is -0.123. The van der Waals surface area contributed by atoms with Gasteiger partial charge in [0.05, 0.1) is 0 Å². The van der Waals surface area contributed by atoms with Gasteiger partial charge in [0.25, 0.3) is 0 Å². The maximum Gasteiger partial charge on any atom is 0.221 e. The average molecular weight is 1010 g/mol. The second-order valence-electron chi connectivity index (χ2n) is 28.5. The summed E-state index contributed by atoms with van der Waals surface area (Å²) in [6, 6.07) is 0. The first kappa shape index (κ1) is 68.7. The van der Waals surface area contributed by atoms with Crippen LogP contribution in [0.5, 0.6) is 0 Å². The topological polar surface area (TPSA) is 147 Å². The highest BCUT2D eigenvalue weighted by Crippen LogP contribution is 2.40. The molecule has 4 amide bonds. The van der Waals surface area contributed by atoms with Crippen LogP contribution >= 0.6 is 0 Å². The van der Waals surface area contributed by atoms with Crippen molar-refractivity contribution in [1.29, 1.82) is 0 Å². The van der Waals surface area contributed by atoms with E-state index in [1.165, 1.54) is 0 Å². The van der Waals surface area contributed by atoms with Crippen LogP contribution in [0.3, 0.4) is 0 Å². The highest BCUT2D eigenvalue weighted by Gasteiger charge is 2.34. The summed E-state index contributed by atoms with van der Waals surface area (Å²) >= 11 is 0. The zero-order valence-electron chi connectivity index (χ0n) is 50.8. The first-order chi connectivity index (χ1) is 32.4. The predicted molar refractivity (Wildman–Crippen MR) is 304 cm³/mol. The van der Waals surface area contributed by atoms with E-state index in [0.29, 0.717) is 104 Å². The maximum absolute atomic E-state index is 13.3. The van der Waals surface area contributed by atoms with Gasteiger partial charge in [0.2, 0.25) is 23.6 Å². The summed E-state index contributed by atoms with van der Waals surface area (Å²) in [5, 5.41) is 20.0. The molecule has 71 heavy (non-hydrogen) atoms. The van der Waals surface area contributed by atoms with Crippen LogP contribution in [0, 0.1) is 49.2 Å². The number of rotatable bonds is 38. The van der Waals surface area contributed by atoms with Crippen LogP contribution in [0.15, 0.2) is 0 Å². The van der Waals surface area contributed by atoms with Gasteiger partial charge >= 0.3 is 0 Å². The molecule has 0 aliphatic heterocycles. The largest absolute Gasteiger partial charge is 0.356 e. The van der Waals surface area contributed by atoms with E-state index in [2.05, 4.69) is 187 Å². The number of amides is 4. The van der Waals surface area contributed by atoms with E-state index < -0.39 is 0 Å². The van der Waals surface area contributed by atoms with E-state index in [9.17, 15) is 19.2 Å². The van der Waals surface area contributed by atoms with Gasteiger partial charge in [-0.15, -0.1) is 0 Å². The van der Waals surface area contributed by atoms with Gasteiger partial charge < -0.3 is 41.7 Å². The third kappa shape index (κ3) is 34.8. The summed E-state index contributed by atoms with van der Waals surface area (Å²) in [6.07, 6.45) is 8.97. The van der Waals surface area contributed by atoms with Crippen LogP contribution in [0.25, 0.3) is 0 Å². The molecule has 0 aromatic carbocycles. The fraction of sp³-hybridized carbons (Fsp3) is 0.932. The third-order valence-electron chi connectivity index (χ3n) is 15.0. The van der Waals surface area contributed by atoms with Crippen LogP contribution in [-0.4, -0.2) is 125 Å². The molecule has 6 N–H and O–H groups in total. The first-order valence-electron chi connectivity index (χ1n) is 28.3. The summed E-state index contributed by atoms with van der Waals surface area (Å²) in [6.45, 7) is 56.7. The van der Waals surface area contributed by atoms with E-state index in [1.807, 2.05) is 0 Å². The number of hydrogen-bond acceptors (Lipinski definition) is 8. The highest BCUT2D eigenvalue weighted by atomic mass is 16.2. The molecule has 0 aromatic heterocycles. The number of nitrogens with one attached hydrogen (secondary N) is 6. The molecule has 0 spiro atoms. The lowest BCUT2D eigenvalue weighted by Gasteiger charge is -2.39. The minimum atomic E-state index is -0.0101. The summed E-state index contributed by atoms with van der Waals surface area (Å²) in [4.78, 5) is 57.3. The van der Waals surface area contributed by atoms with Crippen molar-refractivity contribution in [2.24, 2.45) is 49.2 Å². The third-order valence-corrected chi connectivity index (χ3v) is 15.0. The van der Waals surface area contributed by atoms with Crippen molar-refractivity contribution in [3.8, 4) is 0 Å². The molecule has 2 unspecified atom stereocenters. The SMILES string of the molecule is CCC(C)(CNC(=O)CCN(CCNCCC(=O)NCC(C)(CC(C)(C)C)C(C)C)CCNCCN(CCC(=O)NCC(C)(C)CC(C)(C)C)CCC(=O)NCC(C)(C)CC(C)(CC)CC)CC(C)(C)C. The molecule has 12 nitrogen and oxygen atoms in total. The number of carbonyl (C=O) groups excluding carboxylic acids is 4. The minimum absolute atomic E-state index is 0.00636. The predicted octanol–water partition coefficient (Wildman–Crippen LogP) is 10.5. The Labute approximate surface area is 439 Å². The molecule has 0 saturated heterocycles. The maximum atomic E-state index is 13.3.